The highest BCUT2D eigenvalue weighted by Crippen LogP contribution is 2.26. The van der Waals surface area contributed by atoms with Crippen molar-refractivity contribution in [3.63, 3.8) is 0 Å². The molecule has 0 bridgehead atoms. The second kappa shape index (κ2) is 7.46. The fourth-order valence-electron chi connectivity index (χ4n) is 2.33. The first-order chi connectivity index (χ1) is 10.6. The van der Waals surface area contributed by atoms with Gasteiger partial charge >= 0.3 is 5.69 Å². The van der Waals surface area contributed by atoms with Gasteiger partial charge in [0, 0.05) is 44.9 Å². The van der Waals surface area contributed by atoms with Crippen molar-refractivity contribution >= 4 is 11.5 Å². The molecular formula is C16H20N4O2. The van der Waals surface area contributed by atoms with Crippen molar-refractivity contribution < 1.29 is 4.92 Å². The van der Waals surface area contributed by atoms with Gasteiger partial charge in [0.2, 0.25) is 5.82 Å². The van der Waals surface area contributed by atoms with E-state index in [0.29, 0.717) is 18.9 Å². The van der Waals surface area contributed by atoms with Crippen molar-refractivity contribution in [3.8, 4) is 11.8 Å². The maximum absolute atomic E-state index is 11.1. The SMILES string of the molecule is C=C(C#CCCC)N1CCN(c2ncccc2[N+](=O)[O-])CC1. The highest BCUT2D eigenvalue weighted by molar-refractivity contribution is 5.57. The summed E-state index contributed by atoms with van der Waals surface area (Å²) in [6.45, 7) is 8.93. The molecule has 22 heavy (non-hydrogen) atoms. The Kier molecular flexibility index (Phi) is 5.37. The Morgan fingerprint density at radius 1 is 1.45 bits per heavy atom. The highest BCUT2D eigenvalue weighted by Gasteiger charge is 2.24. The number of nitro groups is 1. The van der Waals surface area contributed by atoms with E-state index in [1.54, 1.807) is 12.3 Å². The van der Waals surface area contributed by atoms with Crippen LogP contribution in [0.5, 0.6) is 0 Å². The Bertz CT molecular complexity index is 610. The van der Waals surface area contributed by atoms with Crippen LogP contribution in [0.3, 0.4) is 0 Å². The van der Waals surface area contributed by atoms with Gasteiger partial charge in [0.05, 0.1) is 10.6 Å². The van der Waals surface area contributed by atoms with E-state index in [0.717, 1.165) is 31.6 Å². The fourth-order valence-corrected chi connectivity index (χ4v) is 2.33. The van der Waals surface area contributed by atoms with E-state index in [9.17, 15) is 10.1 Å². The van der Waals surface area contributed by atoms with Crippen molar-refractivity contribution in [3.05, 3.63) is 40.7 Å². The van der Waals surface area contributed by atoms with Crippen LogP contribution in [0.25, 0.3) is 0 Å². The summed E-state index contributed by atoms with van der Waals surface area (Å²) in [5.74, 6) is 6.61. The maximum Gasteiger partial charge on any atom is 0.311 e. The Morgan fingerprint density at radius 2 is 2.18 bits per heavy atom. The van der Waals surface area contributed by atoms with E-state index in [1.165, 1.54) is 6.07 Å². The molecule has 2 rings (SSSR count). The largest absolute Gasteiger partial charge is 0.362 e. The number of piperazine rings is 1. The summed E-state index contributed by atoms with van der Waals surface area (Å²) in [4.78, 5) is 18.9. The Labute approximate surface area is 130 Å². The predicted molar refractivity (Wildman–Crippen MR) is 86.5 cm³/mol. The van der Waals surface area contributed by atoms with E-state index in [4.69, 9.17) is 0 Å². The van der Waals surface area contributed by atoms with Crippen LogP contribution in [0.1, 0.15) is 19.8 Å². The molecule has 1 saturated heterocycles. The van der Waals surface area contributed by atoms with Gasteiger partial charge in [-0.15, -0.1) is 0 Å². The van der Waals surface area contributed by atoms with Gasteiger partial charge in [-0.05, 0) is 18.4 Å². The molecule has 0 saturated carbocycles. The quantitative estimate of drug-likeness (QED) is 0.485. The average Bonchev–Trinajstić information content (AvgIpc) is 2.55. The standard InChI is InChI=1S/C16H20N4O2/c1-3-4-5-7-14(2)18-10-12-19(13-11-18)16-15(20(21)22)8-6-9-17-16/h6,8-9H,2-4,10-13H2,1H3. The van der Waals surface area contributed by atoms with Gasteiger partial charge in [0.25, 0.3) is 0 Å². The van der Waals surface area contributed by atoms with Gasteiger partial charge < -0.3 is 9.80 Å². The summed E-state index contributed by atoms with van der Waals surface area (Å²) in [7, 11) is 0. The molecule has 116 valence electrons. The Hall–Kier alpha value is -2.55. The van der Waals surface area contributed by atoms with Crippen LogP contribution in [0.4, 0.5) is 11.5 Å². The van der Waals surface area contributed by atoms with E-state index >= 15 is 0 Å². The molecule has 0 amide bonds. The number of unbranched alkanes of at least 4 members (excludes halogenated alkanes) is 1. The molecule has 0 spiro atoms. The minimum absolute atomic E-state index is 0.0533. The summed E-state index contributed by atoms with van der Waals surface area (Å²) in [5.41, 5.74) is 0.876. The second-order valence-corrected chi connectivity index (χ2v) is 5.08. The predicted octanol–water partition coefficient (Wildman–Crippen LogP) is 2.43. The lowest BCUT2D eigenvalue weighted by atomic mass is 10.2. The molecule has 0 atom stereocenters. The van der Waals surface area contributed by atoms with Gasteiger partial charge in [-0.1, -0.05) is 19.4 Å². The van der Waals surface area contributed by atoms with Gasteiger partial charge in [0.15, 0.2) is 0 Å². The van der Waals surface area contributed by atoms with Crippen molar-refractivity contribution in [2.24, 2.45) is 0 Å². The van der Waals surface area contributed by atoms with Gasteiger partial charge in [-0.3, -0.25) is 10.1 Å². The molecule has 0 aliphatic carbocycles. The van der Waals surface area contributed by atoms with Crippen LogP contribution in [0.15, 0.2) is 30.6 Å². The Morgan fingerprint density at radius 3 is 2.82 bits per heavy atom. The fraction of sp³-hybridized carbons (Fsp3) is 0.438. The summed E-state index contributed by atoms with van der Waals surface area (Å²) in [5, 5.41) is 11.1. The van der Waals surface area contributed by atoms with Crippen LogP contribution in [-0.2, 0) is 0 Å². The normalized spacial score (nSPS) is 14.2. The van der Waals surface area contributed by atoms with Crippen molar-refractivity contribution in [1.29, 1.82) is 0 Å². The molecule has 0 aromatic carbocycles. The van der Waals surface area contributed by atoms with E-state index in [2.05, 4.69) is 35.2 Å². The number of hydrogen-bond donors (Lipinski definition) is 0. The molecule has 0 unspecified atom stereocenters. The lowest BCUT2D eigenvalue weighted by Crippen LogP contribution is -2.46. The molecule has 0 radical (unpaired) electrons. The second-order valence-electron chi connectivity index (χ2n) is 5.08. The van der Waals surface area contributed by atoms with Crippen LogP contribution in [0, 0.1) is 22.0 Å². The summed E-state index contributed by atoms with van der Waals surface area (Å²) >= 11 is 0. The molecule has 0 N–H and O–H groups in total. The third kappa shape index (κ3) is 3.76. The van der Waals surface area contributed by atoms with Gasteiger partial charge in [-0.2, -0.15) is 0 Å². The summed E-state index contributed by atoms with van der Waals surface area (Å²) < 4.78 is 0. The van der Waals surface area contributed by atoms with Crippen LogP contribution in [-0.4, -0.2) is 41.0 Å². The smallest absolute Gasteiger partial charge is 0.311 e. The highest BCUT2D eigenvalue weighted by atomic mass is 16.6. The lowest BCUT2D eigenvalue weighted by molar-refractivity contribution is -0.384. The lowest BCUT2D eigenvalue weighted by Gasteiger charge is -2.35. The molecule has 1 aromatic rings. The van der Waals surface area contributed by atoms with Crippen molar-refractivity contribution in [1.82, 2.24) is 9.88 Å². The number of nitrogens with zero attached hydrogens (tertiary/aromatic N) is 4. The number of allylic oxidation sites excluding steroid dienone is 1. The van der Waals surface area contributed by atoms with Crippen LogP contribution < -0.4 is 4.90 Å². The number of rotatable bonds is 4. The zero-order valence-corrected chi connectivity index (χ0v) is 12.8. The average molecular weight is 300 g/mol. The Balaban J connectivity index is 2.00. The topological polar surface area (TPSA) is 62.5 Å². The zero-order chi connectivity index (χ0) is 15.9. The third-order valence-electron chi connectivity index (χ3n) is 3.53. The molecule has 6 heteroatoms. The van der Waals surface area contributed by atoms with Crippen molar-refractivity contribution in [2.75, 3.05) is 31.1 Å². The maximum atomic E-state index is 11.1. The zero-order valence-electron chi connectivity index (χ0n) is 12.8. The number of hydrogen-bond acceptors (Lipinski definition) is 5. The van der Waals surface area contributed by atoms with E-state index in [-0.39, 0.29) is 10.6 Å². The molecule has 1 aliphatic rings. The number of aromatic nitrogens is 1. The number of pyridine rings is 1. The number of anilines is 1. The van der Waals surface area contributed by atoms with Crippen molar-refractivity contribution in [2.45, 2.75) is 19.8 Å². The van der Waals surface area contributed by atoms with Gasteiger partial charge in [0.1, 0.15) is 0 Å². The van der Waals surface area contributed by atoms with E-state index in [1.807, 2.05) is 4.90 Å². The molecule has 6 nitrogen and oxygen atoms in total. The third-order valence-corrected chi connectivity index (χ3v) is 3.53. The van der Waals surface area contributed by atoms with Crippen LogP contribution in [0.2, 0.25) is 0 Å². The molecule has 1 aromatic heterocycles. The monoisotopic (exact) mass is 300 g/mol. The molecule has 2 heterocycles. The van der Waals surface area contributed by atoms with E-state index < -0.39 is 0 Å². The summed E-state index contributed by atoms with van der Waals surface area (Å²) in [6.07, 6.45) is 3.50. The first kappa shape index (κ1) is 15.8. The van der Waals surface area contributed by atoms with Gasteiger partial charge in [-0.25, -0.2) is 4.98 Å². The first-order valence-electron chi connectivity index (χ1n) is 7.40. The first-order valence-corrected chi connectivity index (χ1v) is 7.40. The molecular weight excluding hydrogens is 280 g/mol. The molecule has 1 fully saturated rings. The minimum atomic E-state index is -0.385. The summed E-state index contributed by atoms with van der Waals surface area (Å²) in [6, 6.07) is 3.08. The molecule has 1 aliphatic heterocycles. The van der Waals surface area contributed by atoms with Crippen LogP contribution >= 0.6 is 0 Å². The minimum Gasteiger partial charge on any atom is -0.362 e.